The maximum Gasteiger partial charge on any atom is 0.311 e. The second-order valence-corrected chi connectivity index (χ2v) is 5.82. The molecule has 0 amide bonds. The molecule has 0 aromatic carbocycles. The van der Waals surface area contributed by atoms with Gasteiger partial charge in [-0.05, 0) is 40.2 Å². The van der Waals surface area contributed by atoms with E-state index in [-0.39, 0.29) is 11.5 Å². The van der Waals surface area contributed by atoms with Gasteiger partial charge in [0, 0.05) is 17.8 Å². The van der Waals surface area contributed by atoms with E-state index in [1.165, 1.54) is 12.3 Å². The Morgan fingerprint density at radius 2 is 1.95 bits per heavy atom. The zero-order valence-electron chi connectivity index (χ0n) is 12.2. The Balaban J connectivity index is 3.22. The number of pyridine rings is 1. The molecule has 110 valence electrons. The minimum Gasteiger partial charge on any atom is -0.481 e. The van der Waals surface area contributed by atoms with E-state index in [0.717, 1.165) is 0 Å². The van der Waals surface area contributed by atoms with Gasteiger partial charge in [0.2, 0.25) is 5.82 Å². The number of aliphatic carboxylic acids is 1. The number of aromatic nitrogens is 1. The highest BCUT2D eigenvalue weighted by Gasteiger charge is 2.44. The molecule has 20 heavy (non-hydrogen) atoms. The van der Waals surface area contributed by atoms with Crippen molar-refractivity contribution in [1.29, 1.82) is 0 Å². The molecule has 0 saturated carbocycles. The Kier molecular flexibility index (Phi) is 4.02. The maximum absolute atomic E-state index is 11.3. The van der Waals surface area contributed by atoms with E-state index in [0.29, 0.717) is 5.56 Å². The number of nitrogens with zero attached hydrogens (tertiary/aromatic N) is 2. The minimum absolute atomic E-state index is 0.0694. The molecule has 0 atom stereocenters. The summed E-state index contributed by atoms with van der Waals surface area (Å²) in [6.07, 6.45) is 1.50. The van der Waals surface area contributed by atoms with Crippen LogP contribution in [0.3, 0.4) is 0 Å². The molecule has 2 N–H and O–H groups in total. The van der Waals surface area contributed by atoms with Crippen LogP contribution in [-0.4, -0.2) is 26.5 Å². The summed E-state index contributed by atoms with van der Waals surface area (Å²) in [6.45, 7) is 8.17. The second kappa shape index (κ2) is 5.07. The van der Waals surface area contributed by atoms with Crippen molar-refractivity contribution in [2.45, 2.75) is 40.2 Å². The van der Waals surface area contributed by atoms with Gasteiger partial charge in [0.1, 0.15) is 0 Å². The van der Waals surface area contributed by atoms with Crippen LogP contribution in [0, 0.1) is 22.5 Å². The zero-order valence-corrected chi connectivity index (χ0v) is 12.2. The first kappa shape index (κ1) is 15.9. The van der Waals surface area contributed by atoms with E-state index in [1.807, 2.05) is 0 Å². The van der Waals surface area contributed by atoms with Gasteiger partial charge in [-0.15, -0.1) is 0 Å². The molecule has 0 radical (unpaired) electrons. The maximum atomic E-state index is 11.3. The lowest BCUT2D eigenvalue weighted by Crippen LogP contribution is -2.50. The van der Waals surface area contributed by atoms with Crippen molar-refractivity contribution in [3.05, 3.63) is 27.9 Å². The van der Waals surface area contributed by atoms with Crippen LogP contribution in [-0.2, 0) is 4.79 Å². The van der Waals surface area contributed by atoms with Crippen LogP contribution in [0.1, 0.15) is 33.3 Å². The standard InChI is InChI=1S/C13H19N3O4/c1-8-6-9(16(19)20)10(14-7-8)15-13(4,5)12(2,3)11(17)18/h6-7H,1-5H3,(H,14,15)(H,17,18). The van der Waals surface area contributed by atoms with Crippen LogP contribution >= 0.6 is 0 Å². The van der Waals surface area contributed by atoms with Gasteiger partial charge < -0.3 is 10.4 Å². The highest BCUT2D eigenvalue weighted by atomic mass is 16.6. The van der Waals surface area contributed by atoms with Gasteiger partial charge in [-0.25, -0.2) is 4.98 Å². The molecule has 0 aliphatic rings. The Bertz CT molecular complexity index is 553. The quantitative estimate of drug-likeness (QED) is 0.634. The van der Waals surface area contributed by atoms with Crippen LogP contribution in [0.2, 0.25) is 0 Å². The monoisotopic (exact) mass is 281 g/mol. The summed E-state index contributed by atoms with van der Waals surface area (Å²) >= 11 is 0. The SMILES string of the molecule is Cc1cnc(NC(C)(C)C(C)(C)C(=O)O)c([N+](=O)[O-])c1. The molecule has 7 nitrogen and oxygen atoms in total. The van der Waals surface area contributed by atoms with Gasteiger partial charge in [-0.3, -0.25) is 14.9 Å². The number of aryl methyl sites for hydroxylation is 1. The number of anilines is 1. The van der Waals surface area contributed by atoms with Crippen molar-refractivity contribution in [3.8, 4) is 0 Å². The number of carboxylic acids is 1. The lowest BCUT2D eigenvalue weighted by atomic mass is 9.74. The third-order valence-electron chi connectivity index (χ3n) is 3.73. The van der Waals surface area contributed by atoms with E-state index < -0.39 is 21.8 Å². The van der Waals surface area contributed by atoms with E-state index in [1.54, 1.807) is 34.6 Å². The van der Waals surface area contributed by atoms with E-state index >= 15 is 0 Å². The lowest BCUT2D eigenvalue weighted by Gasteiger charge is -2.39. The molecule has 1 aromatic heterocycles. The topological polar surface area (TPSA) is 105 Å². The van der Waals surface area contributed by atoms with Crippen molar-refractivity contribution in [2.24, 2.45) is 5.41 Å². The van der Waals surface area contributed by atoms with Crippen LogP contribution < -0.4 is 5.32 Å². The fourth-order valence-corrected chi connectivity index (χ4v) is 1.51. The summed E-state index contributed by atoms with van der Waals surface area (Å²) in [5.74, 6) is -0.926. The van der Waals surface area contributed by atoms with Crippen molar-refractivity contribution in [1.82, 2.24) is 4.98 Å². The van der Waals surface area contributed by atoms with Gasteiger partial charge >= 0.3 is 11.7 Å². The number of nitrogens with one attached hydrogen (secondary N) is 1. The molecule has 0 aliphatic heterocycles. The molecule has 1 heterocycles. The summed E-state index contributed by atoms with van der Waals surface area (Å²) in [7, 11) is 0. The van der Waals surface area contributed by atoms with Crippen molar-refractivity contribution in [2.75, 3.05) is 5.32 Å². The van der Waals surface area contributed by atoms with Crippen molar-refractivity contribution < 1.29 is 14.8 Å². The van der Waals surface area contributed by atoms with Gasteiger partial charge in [0.15, 0.2) is 0 Å². The third kappa shape index (κ3) is 2.87. The lowest BCUT2D eigenvalue weighted by molar-refractivity contribution is -0.384. The summed E-state index contributed by atoms with van der Waals surface area (Å²) in [5.41, 5.74) is -1.56. The van der Waals surface area contributed by atoms with E-state index in [4.69, 9.17) is 0 Å². The van der Waals surface area contributed by atoms with Crippen LogP contribution in [0.15, 0.2) is 12.3 Å². The molecule has 0 spiro atoms. The average Bonchev–Trinajstić information content (AvgIpc) is 2.30. The summed E-state index contributed by atoms with van der Waals surface area (Å²) in [5, 5.41) is 23.2. The Morgan fingerprint density at radius 1 is 1.40 bits per heavy atom. The molecule has 1 aromatic rings. The minimum atomic E-state index is -1.13. The highest BCUT2D eigenvalue weighted by Crippen LogP contribution is 2.35. The fourth-order valence-electron chi connectivity index (χ4n) is 1.51. The Labute approximate surface area is 117 Å². The summed E-state index contributed by atoms with van der Waals surface area (Å²) in [6, 6.07) is 1.40. The van der Waals surface area contributed by atoms with Gasteiger partial charge in [0.05, 0.1) is 10.3 Å². The Hall–Kier alpha value is -2.18. The number of hydrogen-bond acceptors (Lipinski definition) is 5. The molecular weight excluding hydrogens is 262 g/mol. The molecular formula is C13H19N3O4. The second-order valence-electron chi connectivity index (χ2n) is 5.82. The van der Waals surface area contributed by atoms with Gasteiger partial charge in [-0.2, -0.15) is 0 Å². The fraction of sp³-hybridized carbons (Fsp3) is 0.538. The first-order valence-corrected chi connectivity index (χ1v) is 6.11. The molecule has 0 bridgehead atoms. The number of carboxylic acid groups (broad SMARTS) is 1. The van der Waals surface area contributed by atoms with Crippen LogP contribution in [0.5, 0.6) is 0 Å². The molecule has 0 saturated heterocycles. The zero-order chi connectivity index (χ0) is 15.7. The van der Waals surface area contributed by atoms with Crippen molar-refractivity contribution in [3.63, 3.8) is 0 Å². The first-order chi connectivity index (χ1) is 8.99. The first-order valence-electron chi connectivity index (χ1n) is 6.11. The summed E-state index contributed by atoms with van der Waals surface area (Å²) in [4.78, 5) is 25.9. The number of rotatable bonds is 5. The largest absolute Gasteiger partial charge is 0.481 e. The van der Waals surface area contributed by atoms with Gasteiger partial charge in [0.25, 0.3) is 0 Å². The van der Waals surface area contributed by atoms with Gasteiger partial charge in [-0.1, -0.05) is 0 Å². The molecule has 1 rings (SSSR count). The van der Waals surface area contributed by atoms with E-state index in [9.17, 15) is 20.0 Å². The van der Waals surface area contributed by atoms with Crippen molar-refractivity contribution >= 4 is 17.5 Å². The average molecular weight is 281 g/mol. The van der Waals surface area contributed by atoms with E-state index in [2.05, 4.69) is 10.3 Å². The predicted molar refractivity (Wildman–Crippen MR) is 74.7 cm³/mol. The number of nitro groups is 1. The number of hydrogen-bond donors (Lipinski definition) is 2. The molecule has 7 heteroatoms. The normalized spacial score (nSPS) is 12.1. The molecule has 0 unspecified atom stereocenters. The number of carbonyl (C=O) groups is 1. The Morgan fingerprint density at radius 3 is 2.40 bits per heavy atom. The predicted octanol–water partition coefficient (Wildman–Crippen LogP) is 2.60. The van der Waals surface area contributed by atoms with Crippen LogP contribution in [0.4, 0.5) is 11.5 Å². The smallest absolute Gasteiger partial charge is 0.311 e. The molecule has 0 aliphatic carbocycles. The molecule has 0 fully saturated rings. The third-order valence-corrected chi connectivity index (χ3v) is 3.73. The highest BCUT2D eigenvalue weighted by molar-refractivity contribution is 5.76. The summed E-state index contributed by atoms with van der Waals surface area (Å²) < 4.78 is 0. The van der Waals surface area contributed by atoms with Crippen LogP contribution in [0.25, 0.3) is 0 Å².